The molecule has 1 amide bonds. The molecule has 0 aliphatic rings. The number of hydrogen-bond donors (Lipinski definition) is 2. The number of fused-ring (bicyclic) bond motifs is 3. The van der Waals surface area contributed by atoms with Gasteiger partial charge < -0.3 is 29.4 Å². The van der Waals surface area contributed by atoms with E-state index in [1.165, 1.54) is 4.90 Å². The first-order valence-electron chi connectivity index (χ1n) is 10.4. The fraction of sp³-hybridized carbons (Fsp3) is 0.364. The molecule has 4 heterocycles. The average molecular weight is 437 g/mol. The number of H-pyrrole nitrogens is 1. The van der Waals surface area contributed by atoms with Crippen molar-refractivity contribution in [3.63, 3.8) is 0 Å². The Morgan fingerprint density at radius 2 is 2.06 bits per heavy atom. The third-order valence-corrected chi connectivity index (χ3v) is 5.23. The summed E-state index contributed by atoms with van der Waals surface area (Å²) in [4.78, 5) is 33.0. The molecular formula is C22H28N8O2. The quantitative estimate of drug-likeness (QED) is 0.459. The molecule has 0 radical (unpaired) electrons. The van der Waals surface area contributed by atoms with Crippen molar-refractivity contribution in [2.75, 3.05) is 46.7 Å². The molecule has 4 rings (SSSR count). The molecule has 0 saturated carbocycles. The van der Waals surface area contributed by atoms with E-state index in [1.807, 2.05) is 61.9 Å². The first-order chi connectivity index (χ1) is 15.4. The molecule has 0 aliphatic carbocycles. The molecule has 0 aliphatic heterocycles. The van der Waals surface area contributed by atoms with E-state index in [0.29, 0.717) is 19.7 Å². The van der Waals surface area contributed by atoms with Crippen LogP contribution >= 0.6 is 0 Å². The highest BCUT2D eigenvalue weighted by Gasteiger charge is 2.16. The van der Waals surface area contributed by atoms with E-state index < -0.39 is 0 Å². The van der Waals surface area contributed by atoms with Crippen LogP contribution in [0.5, 0.6) is 0 Å². The molecule has 32 heavy (non-hydrogen) atoms. The largest absolute Gasteiger partial charge is 0.448 e. The van der Waals surface area contributed by atoms with Gasteiger partial charge in [0.1, 0.15) is 17.8 Å². The normalized spacial score (nSPS) is 11.4. The van der Waals surface area contributed by atoms with Crippen LogP contribution in [0.3, 0.4) is 0 Å². The second-order valence-corrected chi connectivity index (χ2v) is 8.00. The third-order valence-electron chi connectivity index (χ3n) is 5.23. The minimum absolute atomic E-state index is 0.350. The molecule has 4 aromatic heterocycles. The van der Waals surface area contributed by atoms with Crippen molar-refractivity contribution in [1.82, 2.24) is 34.3 Å². The Balaban J connectivity index is 1.59. The summed E-state index contributed by atoms with van der Waals surface area (Å²) in [5.74, 6) is 0.720. The van der Waals surface area contributed by atoms with E-state index in [0.717, 1.165) is 45.0 Å². The minimum Gasteiger partial charge on any atom is -0.448 e. The van der Waals surface area contributed by atoms with Crippen molar-refractivity contribution in [3.05, 3.63) is 36.3 Å². The van der Waals surface area contributed by atoms with Gasteiger partial charge in [-0.3, -0.25) is 0 Å². The van der Waals surface area contributed by atoms with E-state index in [1.54, 1.807) is 13.4 Å². The maximum atomic E-state index is 12.2. The van der Waals surface area contributed by atoms with Crippen molar-refractivity contribution in [2.45, 2.75) is 6.54 Å². The fourth-order valence-corrected chi connectivity index (χ4v) is 3.56. The number of hydrogen-bond acceptors (Lipinski definition) is 7. The monoisotopic (exact) mass is 436 g/mol. The topological polar surface area (TPSA) is 104 Å². The van der Waals surface area contributed by atoms with E-state index >= 15 is 0 Å². The number of carbonyl (C=O) groups excluding carboxylic acids is 1. The SMILES string of the molecule is CNc1nc2[nH]c(-c3cccc(CN(C)C(=O)OCCN(C)C)n3)cc2c2c1ncn2C. The maximum absolute atomic E-state index is 12.2. The third kappa shape index (κ3) is 4.22. The summed E-state index contributed by atoms with van der Waals surface area (Å²) in [6.45, 7) is 1.38. The van der Waals surface area contributed by atoms with Crippen LogP contribution in [0.15, 0.2) is 30.6 Å². The van der Waals surface area contributed by atoms with Crippen LogP contribution < -0.4 is 5.32 Å². The number of aryl methyl sites for hydroxylation is 1. The number of ether oxygens (including phenoxy) is 1. The molecule has 0 atom stereocenters. The summed E-state index contributed by atoms with van der Waals surface area (Å²) >= 11 is 0. The Kier molecular flexibility index (Phi) is 5.95. The predicted octanol–water partition coefficient (Wildman–Crippen LogP) is 2.68. The van der Waals surface area contributed by atoms with Crippen LogP contribution in [0.4, 0.5) is 10.6 Å². The molecule has 0 bridgehead atoms. The number of imidazole rings is 1. The second-order valence-electron chi connectivity index (χ2n) is 8.00. The summed E-state index contributed by atoms with van der Waals surface area (Å²) in [5, 5.41) is 4.09. The van der Waals surface area contributed by atoms with Gasteiger partial charge in [-0.1, -0.05) is 6.07 Å². The molecule has 0 unspecified atom stereocenters. The highest BCUT2D eigenvalue weighted by molar-refractivity contribution is 6.07. The van der Waals surface area contributed by atoms with E-state index in [9.17, 15) is 4.79 Å². The molecule has 0 saturated heterocycles. The zero-order valence-electron chi connectivity index (χ0n) is 19.0. The van der Waals surface area contributed by atoms with Gasteiger partial charge in [-0.05, 0) is 32.3 Å². The number of likely N-dealkylation sites (N-methyl/N-ethyl adjacent to an activating group) is 1. The standard InChI is InChI=1S/C22H28N8O2/c1-23-21-18-19(30(5)13-24-18)15-11-17(26-20(15)27-21)16-8-6-7-14(25-16)12-29(4)22(31)32-10-9-28(2)3/h6-8,11,13H,9-10,12H2,1-5H3,(H2,23,26,27). The van der Waals surface area contributed by atoms with Gasteiger partial charge in [0, 0.05) is 33.1 Å². The van der Waals surface area contributed by atoms with Crippen LogP contribution in [-0.4, -0.2) is 81.7 Å². The van der Waals surface area contributed by atoms with E-state index in [4.69, 9.17) is 9.72 Å². The predicted molar refractivity (Wildman–Crippen MR) is 125 cm³/mol. The van der Waals surface area contributed by atoms with Gasteiger partial charge in [0.15, 0.2) is 5.82 Å². The Morgan fingerprint density at radius 1 is 1.25 bits per heavy atom. The number of pyridine rings is 2. The Bertz CT molecular complexity index is 1260. The lowest BCUT2D eigenvalue weighted by Crippen LogP contribution is -2.30. The van der Waals surface area contributed by atoms with Gasteiger partial charge >= 0.3 is 6.09 Å². The van der Waals surface area contributed by atoms with Crippen molar-refractivity contribution in [3.8, 4) is 11.4 Å². The van der Waals surface area contributed by atoms with Crippen molar-refractivity contribution in [2.24, 2.45) is 7.05 Å². The number of nitrogens with zero attached hydrogens (tertiary/aromatic N) is 6. The number of rotatable bonds is 7. The van der Waals surface area contributed by atoms with E-state index in [-0.39, 0.29) is 6.09 Å². The molecule has 10 heteroatoms. The molecule has 0 aromatic carbocycles. The lowest BCUT2D eigenvalue weighted by Gasteiger charge is -2.18. The number of aromatic amines is 1. The highest BCUT2D eigenvalue weighted by Crippen LogP contribution is 2.31. The molecule has 0 fully saturated rings. The van der Waals surface area contributed by atoms with Gasteiger partial charge in [0.2, 0.25) is 0 Å². The Morgan fingerprint density at radius 3 is 2.81 bits per heavy atom. The van der Waals surface area contributed by atoms with Gasteiger partial charge in [0.05, 0.1) is 35.5 Å². The summed E-state index contributed by atoms with van der Waals surface area (Å²) in [5.41, 5.74) is 4.97. The van der Waals surface area contributed by atoms with Gasteiger partial charge in [-0.25, -0.2) is 19.7 Å². The molecule has 10 nitrogen and oxygen atoms in total. The zero-order valence-corrected chi connectivity index (χ0v) is 19.0. The van der Waals surface area contributed by atoms with Crippen molar-refractivity contribution >= 4 is 34.0 Å². The first-order valence-corrected chi connectivity index (χ1v) is 10.4. The highest BCUT2D eigenvalue weighted by atomic mass is 16.6. The van der Waals surface area contributed by atoms with Crippen molar-refractivity contribution in [1.29, 1.82) is 0 Å². The van der Waals surface area contributed by atoms with Crippen molar-refractivity contribution < 1.29 is 9.53 Å². The summed E-state index contributed by atoms with van der Waals surface area (Å²) in [6.07, 6.45) is 1.41. The number of carbonyl (C=O) groups is 1. The molecule has 168 valence electrons. The maximum Gasteiger partial charge on any atom is 0.409 e. The second kappa shape index (κ2) is 8.83. The number of nitrogens with one attached hydrogen (secondary N) is 2. The number of anilines is 1. The number of aromatic nitrogens is 5. The summed E-state index contributed by atoms with van der Waals surface area (Å²) < 4.78 is 7.28. The van der Waals surface area contributed by atoms with Crippen LogP contribution in [0.25, 0.3) is 33.5 Å². The molecular weight excluding hydrogens is 408 g/mol. The molecule has 0 spiro atoms. The lowest BCUT2D eigenvalue weighted by atomic mass is 10.2. The first kappa shape index (κ1) is 21.6. The van der Waals surface area contributed by atoms with Crippen LogP contribution in [-0.2, 0) is 18.3 Å². The van der Waals surface area contributed by atoms with Crippen LogP contribution in [0, 0.1) is 0 Å². The summed E-state index contributed by atoms with van der Waals surface area (Å²) in [7, 11) is 9.38. The van der Waals surface area contributed by atoms with Crippen LogP contribution in [0.2, 0.25) is 0 Å². The fourth-order valence-electron chi connectivity index (χ4n) is 3.56. The minimum atomic E-state index is -0.368. The average Bonchev–Trinajstić information content (AvgIpc) is 3.36. The lowest BCUT2D eigenvalue weighted by molar-refractivity contribution is 0.102. The van der Waals surface area contributed by atoms with Gasteiger partial charge in [-0.15, -0.1) is 0 Å². The van der Waals surface area contributed by atoms with E-state index in [2.05, 4.69) is 20.3 Å². The Hall–Kier alpha value is -3.66. The Labute approximate surface area is 186 Å². The van der Waals surface area contributed by atoms with Crippen LogP contribution in [0.1, 0.15) is 5.69 Å². The number of amides is 1. The summed E-state index contributed by atoms with van der Waals surface area (Å²) in [6, 6.07) is 7.80. The molecule has 4 aromatic rings. The van der Waals surface area contributed by atoms with Gasteiger partial charge in [0.25, 0.3) is 0 Å². The smallest absolute Gasteiger partial charge is 0.409 e. The molecule has 2 N–H and O–H groups in total. The van der Waals surface area contributed by atoms with Gasteiger partial charge in [-0.2, -0.15) is 0 Å². The zero-order chi connectivity index (χ0) is 22.8.